The highest BCUT2D eigenvalue weighted by Gasteiger charge is 2.31. The minimum absolute atomic E-state index is 0.508. The van der Waals surface area contributed by atoms with Gasteiger partial charge >= 0.3 is 6.18 Å². The van der Waals surface area contributed by atoms with E-state index in [-0.39, 0.29) is 0 Å². The minimum atomic E-state index is -4.31. The van der Waals surface area contributed by atoms with E-state index in [0.29, 0.717) is 5.69 Å². The summed E-state index contributed by atoms with van der Waals surface area (Å²) in [6.07, 6.45) is -4.31. The van der Waals surface area contributed by atoms with Crippen LogP contribution in [0.3, 0.4) is 0 Å². The van der Waals surface area contributed by atoms with Crippen molar-refractivity contribution in [1.82, 2.24) is 0 Å². The molecule has 0 fully saturated rings. The van der Waals surface area contributed by atoms with Crippen molar-refractivity contribution in [3.05, 3.63) is 96.6 Å². The van der Waals surface area contributed by atoms with Crippen molar-refractivity contribution in [2.75, 3.05) is 10.6 Å². The number of rotatable bonds is 0. The van der Waals surface area contributed by atoms with Crippen LogP contribution in [0.25, 0.3) is 0 Å². The lowest BCUT2D eigenvalue weighted by molar-refractivity contribution is -0.137. The Labute approximate surface area is 192 Å². The van der Waals surface area contributed by atoms with E-state index in [1.165, 1.54) is 39.0 Å². The van der Waals surface area contributed by atoms with E-state index in [2.05, 4.69) is 59.2 Å². The largest absolute Gasteiger partial charge is 0.416 e. The van der Waals surface area contributed by atoms with Crippen molar-refractivity contribution in [2.45, 2.75) is 25.8 Å². The second kappa shape index (κ2) is 8.48. The van der Waals surface area contributed by atoms with E-state index in [0.717, 1.165) is 27.6 Å². The van der Waals surface area contributed by atoms with Gasteiger partial charge in [0.05, 0.1) is 28.3 Å². The summed E-state index contributed by atoms with van der Waals surface area (Å²) in [6.45, 7) is 0. The van der Waals surface area contributed by atoms with Crippen LogP contribution in [-0.2, 0) is 6.18 Å². The lowest BCUT2D eigenvalue weighted by Crippen LogP contribution is -2.07. The zero-order valence-corrected chi connectivity index (χ0v) is 18.2. The zero-order chi connectivity index (χ0) is 22.1. The first-order valence-corrected chi connectivity index (χ1v) is 11.5. The molecule has 0 saturated heterocycles. The van der Waals surface area contributed by atoms with Gasteiger partial charge in [0.1, 0.15) is 0 Å². The van der Waals surface area contributed by atoms with Crippen LogP contribution in [0, 0.1) is 0 Å². The Morgan fingerprint density at radius 2 is 0.906 bits per heavy atom. The van der Waals surface area contributed by atoms with Crippen LogP contribution in [0.4, 0.5) is 35.9 Å². The Kier molecular flexibility index (Phi) is 5.53. The molecule has 2 N–H and O–H groups in total. The maximum Gasteiger partial charge on any atom is 0.416 e. The van der Waals surface area contributed by atoms with E-state index in [1.54, 1.807) is 0 Å². The molecule has 2 nitrogen and oxygen atoms in total. The summed E-state index contributed by atoms with van der Waals surface area (Å²) in [5.74, 6) is 0. The molecule has 0 amide bonds. The third-order valence-electron chi connectivity index (χ3n) is 4.95. The van der Waals surface area contributed by atoms with Crippen LogP contribution in [-0.4, -0.2) is 0 Å². The summed E-state index contributed by atoms with van der Waals surface area (Å²) in [4.78, 5) is 4.42. The van der Waals surface area contributed by atoms with Crippen molar-refractivity contribution in [1.29, 1.82) is 0 Å². The summed E-state index contributed by atoms with van der Waals surface area (Å²) in [5, 5.41) is 6.45. The third kappa shape index (κ3) is 4.31. The molecule has 0 aromatic heterocycles. The number of hydrogen-bond acceptors (Lipinski definition) is 4. The Bertz CT molecular complexity index is 1200. The average molecular weight is 467 g/mol. The summed E-state index contributed by atoms with van der Waals surface area (Å²) in [7, 11) is 0. The molecule has 2 aliphatic rings. The van der Waals surface area contributed by atoms with Crippen molar-refractivity contribution in [2.24, 2.45) is 0 Å². The van der Waals surface area contributed by atoms with Gasteiger partial charge in [0.2, 0.25) is 0 Å². The molecule has 0 saturated carbocycles. The van der Waals surface area contributed by atoms with Gasteiger partial charge in [0, 0.05) is 19.6 Å². The first-order valence-electron chi connectivity index (χ1n) is 9.85. The number of benzene rings is 4. The van der Waals surface area contributed by atoms with Gasteiger partial charge in [0.25, 0.3) is 0 Å². The highest BCUT2D eigenvalue weighted by atomic mass is 32.2. The SMILES string of the molecule is FC(F)(F)c1ccc2c(c1)Nc1ccccc1S2.c1ccc2c(c1)Nc1ccccc1S2. The Hall–Kier alpha value is -3.03. The van der Waals surface area contributed by atoms with Gasteiger partial charge in [-0.2, -0.15) is 13.2 Å². The average Bonchev–Trinajstić information content (AvgIpc) is 2.81. The lowest BCUT2D eigenvalue weighted by Gasteiger charge is -2.21. The van der Waals surface area contributed by atoms with E-state index in [9.17, 15) is 13.2 Å². The molecule has 4 aromatic rings. The van der Waals surface area contributed by atoms with Gasteiger partial charge in [-0.25, -0.2) is 0 Å². The van der Waals surface area contributed by atoms with Gasteiger partial charge in [-0.15, -0.1) is 0 Å². The highest BCUT2D eigenvalue weighted by molar-refractivity contribution is 8.00. The standard InChI is InChI=1S/C13H8F3NS.C12H9NS/c14-13(15,16)8-5-6-12-10(7-8)17-9-3-1-2-4-11(9)18-12;1-3-7-11-9(5-1)13-10-6-2-4-8-12(10)14-11/h1-7,17H;1-8,13H. The predicted molar refractivity (Wildman–Crippen MR) is 126 cm³/mol. The van der Waals surface area contributed by atoms with Crippen LogP contribution in [0.15, 0.2) is 111 Å². The van der Waals surface area contributed by atoms with Gasteiger partial charge < -0.3 is 10.6 Å². The minimum Gasteiger partial charge on any atom is -0.354 e. The molecule has 4 aromatic carbocycles. The normalized spacial score (nSPS) is 13.1. The molecular formula is C25H17F3N2S2. The Morgan fingerprint density at radius 3 is 1.38 bits per heavy atom. The summed E-state index contributed by atoms with van der Waals surface area (Å²) < 4.78 is 37.9. The van der Waals surface area contributed by atoms with Crippen LogP contribution in [0.2, 0.25) is 0 Å². The molecule has 160 valence electrons. The van der Waals surface area contributed by atoms with Gasteiger partial charge in [-0.3, -0.25) is 0 Å². The lowest BCUT2D eigenvalue weighted by atomic mass is 10.2. The number of halogens is 3. The number of anilines is 4. The van der Waals surface area contributed by atoms with Crippen LogP contribution in [0.5, 0.6) is 0 Å². The number of alkyl halides is 3. The Balaban J connectivity index is 0.000000139. The van der Waals surface area contributed by atoms with E-state index in [1.807, 2.05) is 36.0 Å². The second-order valence-electron chi connectivity index (χ2n) is 7.15. The van der Waals surface area contributed by atoms with Crippen molar-refractivity contribution < 1.29 is 13.2 Å². The molecule has 0 spiro atoms. The predicted octanol–water partition coefficient (Wildman–Crippen LogP) is 8.81. The molecule has 7 heteroatoms. The molecule has 2 aliphatic heterocycles. The molecule has 0 aliphatic carbocycles. The summed E-state index contributed by atoms with van der Waals surface area (Å²) in [6, 6.07) is 28.1. The second-order valence-corrected chi connectivity index (χ2v) is 9.32. The van der Waals surface area contributed by atoms with Crippen LogP contribution >= 0.6 is 23.5 Å². The number of hydrogen-bond donors (Lipinski definition) is 2. The third-order valence-corrected chi connectivity index (χ3v) is 7.25. The van der Waals surface area contributed by atoms with Crippen molar-refractivity contribution in [3.63, 3.8) is 0 Å². The fraction of sp³-hybridized carbons (Fsp3) is 0.0400. The van der Waals surface area contributed by atoms with E-state index in [4.69, 9.17) is 0 Å². The number of fused-ring (bicyclic) bond motifs is 4. The fourth-order valence-corrected chi connectivity index (χ4v) is 5.35. The van der Waals surface area contributed by atoms with Gasteiger partial charge in [-0.05, 0) is 54.6 Å². The molecule has 32 heavy (non-hydrogen) atoms. The van der Waals surface area contributed by atoms with Crippen molar-refractivity contribution in [3.8, 4) is 0 Å². The van der Waals surface area contributed by atoms with Crippen LogP contribution in [0.1, 0.15) is 5.56 Å². The topological polar surface area (TPSA) is 24.1 Å². The Morgan fingerprint density at radius 1 is 0.500 bits per heavy atom. The maximum atomic E-state index is 12.6. The molecule has 0 radical (unpaired) electrons. The fourth-order valence-electron chi connectivity index (χ4n) is 3.40. The van der Waals surface area contributed by atoms with Crippen molar-refractivity contribution >= 4 is 46.3 Å². The molecule has 0 atom stereocenters. The first kappa shape index (κ1) is 20.8. The molecule has 6 rings (SSSR count). The summed E-state index contributed by atoms with van der Waals surface area (Å²) >= 11 is 3.29. The quantitative estimate of drug-likeness (QED) is 0.234. The highest BCUT2D eigenvalue weighted by Crippen LogP contribution is 2.46. The van der Waals surface area contributed by atoms with E-state index < -0.39 is 11.7 Å². The van der Waals surface area contributed by atoms with Gasteiger partial charge in [-0.1, -0.05) is 59.9 Å². The number of nitrogens with one attached hydrogen (secondary N) is 2. The molecule has 2 heterocycles. The number of para-hydroxylation sites is 3. The molecular weight excluding hydrogens is 449 g/mol. The summed E-state index contributed by atoms with van der Waals surface area (Å²) in [5.41, 5.74) is 3.13. The first-order chi connectivity index (χ1) is 15.5. The smallest absolute Gasteiger partial charge is 0.354 e. The zero-order valence-electron chi connectivity index (χ0n) is 16.6. The molecule has 0 bridgehead atoms. The van der Waals surface area contributed by atoms with E-state index >= 15 is 0 Å². The van der Waals surface area contributed by atoms with Crippen LogP contribution < -0.4 is 10.6 Å². The molecule has 0 unspecified atom stereocenters. The maximum absolute atomic E-state index is 12.6. The monoisotopic (exact) mass is 466 g/mol. The van der Waals surface area contributed by atoms with Gasteiger partial charge in [0.15, 0.2) is 0 Å².